The molecule has 0 saturated carbocycles. The zero-order valence-electron chi connectivity index (χ0n) is 14.3. The van der Waals surface area contributed by atoms with E-state index in [0.717, 1.165) is 29.7 Å². The summed E-state index contributed by atoms with van der Waals surface area (Å²) in [6, 6.07) is 5.28. The number of piperidine rings is 1. The Balaban J connectivity index is 1.78. The lowest BCUT2D eigenvalue weighted by atomic mass is 9.89. The van der Waals surface area contributed by atoms with Crippen molar-refractivity contribution in [3.8, 4) is 5.75 Å². The van der Waals surface area contributed by atoms with Crippen LogP contribution in [-0.2, 0) is 20.7 Å². The molecule has 1 amide bonds. The number of hydrogen-bond donors (Lipinski definition) is 0. The first-order chi connectivity index (χ1) is 12.2. The van der Waals surface area contributed by atoms with Gasteiger partial charge in [-0.25, -0.2) is 4.79 Å². The van der Waals surface area contributed by atoms with Gasteiger partial charge in [0.25, 0.3) is 0 Å². The average Bonchev–Trinajstić information content (AvgIpc) is 3.06. The SMILES string of the molecule is CC1CCC(c2ccc3c(c2)OCC3)N(C(=O)C(=O)OCC(F)(F)F)C1. The monoisotopic (exact) mass is 371 g/mol. The van der Waals surface area contributed by atoms with Crippen LogP contribution in [0.1, 0.15) is 36.9 Å². The van der Waals surface area contributed by atoms with Gasteiger partial charge in [-0.05, 0) is 36.0 Å². The Hall–Kier alpha value is -2.25. The molecule has 1 aromatic carbocycles. The Kier molecular flexibility index (Phi) is 5.11. The number of rotatable bonds is 2. The van der Waals surface area contributed by atoms with E-state index in [4.69, 9.17) is 4.74 Å². The Morgan fingerprint density at radius 3 is 2.81 bits per heavy atom. The van der Waals surface area contributed by atoms with E-state index in [0.29, 0.717) is 19.6 Å². The number of carbonyl (C=O) groups is 2. The lowest BCUT2D eigenvalue weighted by molar-refractivity contribution is -0.190. The Morgan fingerprint density at radius 2 is 2.08 bits per heavy atom. The van der Waals surface area contributed by atoms with Crippen molar-refractivity contribution in [3.63, 3.8) is 0 Å². The maximum absolute atomic E-state index is 12.4. The highest BCUT2D eigenvalue weighted by Crippen LogP contribution is 2.37. The second-order valence-corrected chi connectivity index (χ2v) is 6.81. The lowest BCUT2D eigenvalue weighted by Gasteiger charge is -2.38. The number of alkyl halides is 3. The summed E-state index contributed by atoms with van der Waals surface area (Å²) in [5.74, 6) is -1.60. The number of fused-ring (bicyclic) bond motifs is 1. The van der Waals surface area contributed by atoms with Gasteiger partial charge in [-0.1, -0.05) is 19.1 Å². The van der Waals surface area contributed by atoms with Gasteiger partial charge >= 0.3 is 18.1 Å². The zero-order valence-corrected chi connectivity index (χ0v) is 14.3. The highest BCUT2D eigenvalue weighted by Gasteiger charge is 2.37. The van der Waals surface area contributed by atoms with Crippen LogP contribution < -0.4 is 4.74 Å². The molecule has 1 aromatic rings. The first-order valence-corrected chi connectivity index (χ1v) is 8.54. The van der Waals surface area contributed by atoms with Crippen LogP contribution in [0.25, 0.3) is 0 Å². The standard InChI is InChI=1S/C18H20F3NO4/c1-11-2-5-14(13-4-3-12-6-7-25-15(12)8-13)22(9-11)16(23)17(24)26-10-18(19,20)21/h3-4,8,11,14H,2,5-7,9-10H2,1H3. The topological polar surface area (TPSA) is 55.8 Å². The van der Waals surface area contributed by atoms with Gasteiger partial charge in [0, 0.05) is 13.0 Å². The largest absolute Gasteiger partial charge is 0.493 e. The van der Waals surface area contributed by atoms with Gasteiger partial charge in [-0.15, -0.1) is 0 Å². The third-order valence-electron chi connectivity index (χ3n) is 4.72. The van der Waals surface area contributed by atoms with Crippen LogP contribution in [0.4, 0.5) is 13.2 Å². The van der Waals surface area contributed by atoms with Crippen molar-refractivity contribution < 1.29 is 32.2 Å². The van der Waals surface area contributed by atoms with E-state index in [-0.39, 0.29) is 12.0 Å². The number of carbonyl (C=O) groups excluding carboxylic acids is 2. The minimum atomic E-state index is -4.66. The maximum Gasteiger partial charge on any atom is 0.422 e. The second kappa shape index (κ2) is 7.17. The summed E-state index contributed by atoms with van der Waals surface area (Å²) in [7, 11) is 0. The van der Waals surface area contributed by atoms with E-state index in [9.17, 15) is 22.8 Å². The van der Waals surface area contributed by atoms with Crippen molar-refractivity contribution >= 4 is 11.9 Å². The number of likely N-dealkylation sites (tertiary alicyclic amines) is 1. The van der Waals surface area contributed by atoms with Crippen molar-refractivity contribution in [1.82, 2.24) is 4.90 Å². The average molecular weight is 371 g/mol. The van der Waals surface area contributed by atoms with Crippen molar-refractivity contribution in [2.75, 3.05) is 19.8 Å². The van der Waals surface area contributed by atoms with Crippen molar-refractivity contribution in [3.05, 3.63) is 29.3 Å². The van der Waals surface area contributed by atoms with Crippen molar-refractivity contribution in [2.24, 2.45) is 5.92 Å². The van der Waals surface area contributed by atoms with Gasteiger partial charge in [0.05, 0.1) is 12.6 Å². The third-order valence-corrected chi connectivity index (χ3v) is 4.72. The van der Waals surface area contributed by atoms with E-state index in [1.54, 1.807) is 0 Å². The number of amides is 1. The summed E-state index contributed by atoms with van der Waals surface area (Å²) >= 11 is 0. The molecule has 142 valence electrons. The van der Waals surface area contributed by atoms with Crippen LogP contribution in [0.15, 0.2) is 18.2 Å². The van der Waals surface area contributed by atoms with E-state index >= 15 is 0 Å². The molecule has 0 aliphatic carbocycles. The molecule has 26 heavy (non-hydrogen) atoms. The number of ether oxygens (including phenoxy) is 2. The fraction of sp³-hybridized carbons (Fsp3) is 0.556. The molecule has 0 bridgehead atoms. The van der Waals surface area contributed by atoms with Crippen LogP contribution in [0, 0.1) is 5.92 Å². The summed E-state index contributed by atoms with van der Waals surface area (Å²) < 4.78 is 46.4. The molecular formula is C18H20F3NO4. The molecule has 0 spiro atoms. The summed E-state index contributed by atoms with van der Waals surface area (Å²) in [6.07, 6.45) is -2.37. The smallest absolute Gasteiger partial charge is 0.422 e. The molecule has 1 saturated heterocycles. The lowest BCUT2D eigenvalue weighted by Crippen LogP contribution is -2.45. The molecule has 3 rings (SSSR count). The highest BCUT2D eigenvalue weighted by atomic mass is 19.4. The summed E-state index contributed by atoms with van der Waals surface area (Å²) in [4.78, 5) is 25.6. The Bertz CT molecular complexity index is 704. The predicted octanol–water partition coefficient (Wildman–Crippen LogP) is 3.03. The third kappa shape index (κ3) is 4.11. The fourth-order valence-electron chi connectivity index (χ4n) is 3.44. The molecule has 2 heterocycles. The number of nitrogens with zero attached hydrogens (tertiary/aromatic N) is 1. The summed E-state index contributed by atoms with van der Waals surface area (Å²) in [5.41, 5.74) is 1.90. The zero-order chi connectivity index (χ0) is 18.9. The summed E-state index contributed by atoms with van der Waals surface area (Å²) in [6.45, 7) is 1.07. The second-order valence-electron chi connectivity index (χ2n) is 6.81. The van der Waals surface area contributed by atoms with Crippen LogP contribution in [-0.4, -0.2) is 42.7 Å². The predicted molar refractivity (Wildman–Crippen MR) is 85.5 cm³/mol. The molecular weight excluding hydrogens is 351 g/mol. The van der Waals surface area contributed by atoms with Crippen LogP contribution in [0.2, 0.25) is 0 Å². The molecule has 0 aromatic heterocycles. The molecule has 0 radical (unpaired) electrons. The van der Waals surface area contributed by atoms with Crippen LogP contribution >= 0.6 is 0 Å². The van der Waals surface area contributed by atoms with E-state index in [1.807, 2.05) is 25.1 Å². The molecule has 2 atom stereocenters. The van der Waals surface area contributed by atoms with Crippen LogP contribution in [0.5, 0.6) is 5.75 Å². The Labute approximate surface area is 149 Å². The molecule has 8 heteroatoms. The van der Waals surface area contributed by atoms with Gasteiger partial charge in [0.15, 0.2) is 6.61 Å². The van der Waals surface area contributed by atoms with E-state index in [2.05, 4.69) is 4.74 Å². The molecule has 0 N–H and O–H groups in total. The highest BCUT2D eigenvalue weighted by molar-refractivity contribution is 6.32. The quantitative estimate of drug-likeness (QED) is 0.592. The van der Waals surface area contributed by atoms with E-state index in [1.165, 1.54) is 4.90 Å². The number of benzene rings is 1. The van der Waals surface area contributed by atoms with Gasteiger partial charge in [-0.2, -0.15) is 13.2 Å². The van der Waals surface area contributed by atoms with E-state index < -0.39 is 24.7 Å². The Morgan fingerprint density at radius 1 is 1.31 bits per heavy atom. The molecule has 1 fully saturated rings. The minimum absolute atomic E-state index is 0.149. The van der Waals surface area contributed by atoms with Crippen LogP contribution in [0.3, 0.4) is 0 Å². The first kappa shape index (κ1) is 18.5. The maximum atomic E-state index is 12.4. The number of esters is 1. The fourth-order valence-corrected chi connectivity index (χ4v) is 3.44. The minimum Gasteiger partial charge on any atom is -0.493 e. The van der Waals surface area contributed by atoms with Crippen molar-refractivity contribution in [2.45, 2.75) is 38.4 Å². The van der Waals surface area contributed by atoms with Crippen molar-refractivity contribution in [1.29, 1.82) is 0 Å². The number of halogens is 3. The first-order valence-electron chi connectivity index (χ1n) is 8.54. The molecule has 2 unspecified atom stereocenters. The summed E-state index contributed by atoms with van der Waals surface area (Å²) in [5, 5.41) is 0. The molecule has 2 aliphatic heterocycles. The van der Waals surface area contributed by atoms with Gasteiger partial charge in [0.1, 0.15) is 5.75 Å². The normalized spacial score (nSPS) is 22.5. The molecule has 2 aliphatic rings. The van der Waals surface area contributed by atoms with Gasteiger partial charge < -0.3 is 14.4 Å². The van der Waals surface area contributed by atoms with Gasteiger partial charge in [0.2, 0.25) is 0 Å². The van der Waals surface area contributed by atoms with Gasteiger partial charge in [-0.3, -0.25) is 4.79 Å². The molecule has 5 nitrogen and oxygen atoms in total. The number of hydrogen-bond acceptors (Lipinski definition) is 4.